The average molecular weight is 282 g/mol. The molecule has 0 aliphatic rings. The van der Waals surface area contributed by atoms with Crippen LogP contribution in [0, 0.1) is 0 Å². The molecule has 7 nitrogen and oxygen atoms in total. The Hall–Kier alpha value is -2.12. The third kappa shape index (κ3) is 6.17. The van der Waals surface area contributed by atoms with Crippen LogP contribution in [0.5, 0.6) is 5.75 Å². The zero-order valence-corrected chi connectivity index (χ0v) is 10.9. The van der Waals surface area contributed by atoms with Crippen LogP contribution < -0.4 is 10.6 Å². The summed E-state index contributed by atoms with van der Waals surface area (Å²) in [6.45, 7) is -0.146. The van der Waals surface area contributed by atoms with Gasteiger partial charge in [-0.3, -0.25) is 9.59 Å². The van der Waals surface area contributed by atoms with Gasteiger partial charge in [-0.2, -0.15) is 0 Å². The fourth-order valence-corrected chi connectivity index (χ4v) is 1.75. The standard InChI is InChI=1S/C13H18N2O5/c16-11-4-2-1-3-9(11)5-10(15-8-13(19)20)6-14-7-12(17)18/h1-4,10,14-16H,5-8H2,(H,17,18)(H,19,20). The molecule has 0 bridgehead atoms. The van der Waals surface area contributed by atoms with Gasteiger partial charge in [-0.15, -0.1) is 0 Å². The topological polar surface area (TPSA) is 119 Å². The first-order valence-electron chi connectivity index (χ1n) is 6.13. The Bertz CT molecular complexity index is 464. The van der Waals surface area contributed by atoms with Crippen LogP contribution in [0.25, 0.3) is 0 Å². The van der Waals surface area contributed by atoms with Gasteiger partial charge in [0.15, 0.2) is 0 Å². The lowest BCUT2D eigenvalue weighted by Gasteiger charge is -2.18. The van der Waals surface area contributed by atoms with Gasteiger partial charge in [0.05, 0.1) is 13.1 Å². The van der Waals surface area contributed by atoms with Crippen molar-refractivity contribution in [2.24, 2.45) is 0 Å². The second-order valence-electron chi connectivity index (χ2n) is 4.33. The van der Waals surface area contributed by atoms with Crippen molar-refractivity contribution < 1.29 is 24.9 Å². The Morgan fingerprint density at radius 3 is 2.35 bits per heavy atom. The Labute approximate surface area is 116 Å². The van der Waals surface area contributed by atoms with Crippen molar-refractivity contribution in [1.82, 2.24) is 10.6 Å². The maximum absolute atomic E-state index is 10.6. The molecule has 1 rings (SSSR count). The van der Waals surface area contributed by atoms with Gasteiger partial charge >= 0.3 is 11.9 Å². The summed E-state index contributed by atoms with van der Waals surface area (Å²) in [7, 11) is 0. The number of nitrogens with one attached hydrogen (secondary N) is 2. The first-order valence-corrected chi connectivity index (χ1v) is 6.13. The van der Waals surface area contributed by atoms with E-state index < -0.39 is 11.9 Å². The Morgan fingerprint density at radius 1 is 1.10 bits per heavy atom. The number of phenols is 1. The normalized spacial score (nSPS) is 12.0. The number of phenolic OH excluding ortho intramolecular Hbond substituents is 1. The fourth-order valence-electron chi connectivity index (χ4n) is 1.75. The van der Waals surface area contributed by atoms with E-state index in [-0.39, 0.29) is 31.4 Å². The van der Waals surface area contributed by atoms with E-state index in [9.17, 15) is 14.7 Å². The zero-order valence-electron chi connectivity index (χ0n) is 10.9. The lowest BCUT2D eigenvalue weighted by atomic mass is 10.0. The molecule has 0 amide bonds. The third-order valence-corrected chi connectivity index (χ3v) is 2.67. The summed E-state index contributed by atoms with van der Waals surface area (Å²) in [4.78, 5) is 21.0. The molecule has 110 valence electrons. The Morgan fingerprint density at radius 2 is 1.75 bits per heavy atom. The van der Waals surface area contributed by atoms with E-state index in [2.05, 4.69) is 10.6 Å². The quantitative estimate of drug-likeness (QED) is 0.420. The molecule has 1 aromatic carbocycles. The number of carbonyl (C=O) groups is 2. The van der Waals surface area contributed by atoms with Crippen molar-refractivity contribution in [1.29, 1.82) is 0 Å². The van der Waals surface area contributed by atoms with Crippen molar-refractivity contribution in [3.05, 3.63) is 29.8 Å². The lowest BCUT2D eigenvalue weighted by molar-refractivity contribution is -0.137. The second-order valence-corrected chi connectivity index (χ2v) is 4.33. The fraction of sp³-hybridized carbons (Fsp3) is 0.385. The van der Waals surface area contributed by atoms with E-state index in [1.54, 1.807) is 24.3 Å². The molecule has 1 aromatic rings. The monoisotopic (exact) mass is 282 g/mol. The number of carboxylic acid groups (broad SMARTS) is 2. The van der Waals surface area contributed by atoms with Gasteiger partial charge in [0.1, 0.15) is 5.75 Å². The Balaban J connectivity index is 2.59. The maximum Gasteiger partial charge on any atom is 0.317 e. The molecule has 0 aliphatic heterocycles. The summed E-state index contributed by atoms with van der Waals surface area (Å²) >= 11 is 0. The molecule has 0 aliphatic carbocycles. The van der Waals surface area contributed by atoms with Gasteiger partial charge in [-0.25, -0.2) is 0 Å². The van der Waals surface area contributed by atoms with Gasteiger partial charge in [0.2, 0.25) is 0 Å². The molecule has 0 fully saturated rings. The van der Waals surface area contributed by atoms with Crippen LogP contribution >= 0.6 is 0 Å². The minimum Gasteiger partial charge on any atom is -0.508 e. The van der Waals surface area contributed by atoms with E-state index >= 15 is 0 Å². The van der Waals surface area contributed by atoms with Crippen LogP contribution in [-0.2, 0) is 16.0 Å². The molecule has 1 unspecified atom stereocenters. The van der Waals surface area contributed by atoms with Crippen LogP contribution in [0.15, 0.2) is 24.3 Å². The average Bonchev–Trinajstić information content (AvgIpc) is 2.37. The summed E-state index contributed by atoms with van der Waals surface area (Å²) in [5.74, 6) is -1.84. The first kappa shape index (κ1) is 15.9. The molecule has 0 aromatic heterocycles. The van der Waals surface area contributed by atoms with E-state index in [0.29, 0.717) is 12.0 Å². The highest BCUT2D eigenvalue weighted by atomic mass is 16.4. The number of rotatable bonds is 9. The number of para-hydroxylation sites is 1. The first-order chi connectivity index (χ1) is 9.49. The minimum atomic E-state index is -0.995. The number of benzene rings is 1. The van der Waals surface area contributed by atoms with E-state index in [4.69, 9.17) is 10.2 Å². The maximum atomic E-state index is 10.6. The molecule has 0 heterocycles. The highest BCUT2D eigenvalue weighted by Gasteiger charge is 2.13. The summed E-state index contributed by atoms with van der Waals surface area (Å²) in [5, 5.41) is 32.4. The van der Waals surface area contributed by atoms with Gasteiger partial charge in [-0.05, 0) is 18.1 Å². The zero-order chi connectivity index (χ0) is 15.0. The molecule has 5 N–H and O–H groups in total. The highest BCUT2D eigenvalue weighted by molar-refractivity contribution is 5.69. The molecule has 0 saturated heterocycles. The van der Waals surface area contributed by atoms with E-state index in [1.165, 1.54) is 0 Å². The third-order valence-electron chi connectivity index (χ3n) is 2.67. The molecule has 0 saturated carbocycles. The number of aliphatic carboxylic acids is 2. The summed E-state index contributed by atoms with van der Waals surface area (Å²) in [5.41, 5.74) is 0.674. The van der Waals surface area contributed by atoms with Gasteiger partial charge in [0.25, 0.3) is 0 Å². The van der Waals surface area contributed by atoms with Crippen LogP contribution in [0.4, 0.5) is 0 Å². The predicted octanol–water partition coefficient (Wildman–Crippen LogP) is -0.348. The summed E-state index contributed by atoms with van der Waals surface area (Å²) in [6.07, 6.45) is 0.395. The van der Waals surface area contributed by atoms with Crippen molar-refractivity contribution in [3.63, 3.8) is 0 Å². The van der Waals surface area contributed by atoms with Gasteiger partial charge in [0, 0.05) is 12.6 Å². The van der Waals surface area contributed by atoms with Crippen molar-refractivity contribution in [2.45, 2.75) is 12.5 Å². The van der Waals surface area contributed by atoms with Crippen molar-refractivity contribution in [2.75, 3.05) is 19.6 Å². The molecule has 1 atom stereocenters. The molecule has 20 heavy (non-hydrogen) atoms. The summed E-state index contributed by atoms with van der Waals surface area (Å²) < 4.78 is 0. The van der Waals surface area contributed by atoms with Crippen LogP contribution in [0.1, 0.15) is 5.56 Å². The van der Waals surface area contributed by atoms with Gasteiger partial charge in [-0.1, -0.05) is 18.2 Å². The SMILES string of the molecule is O=C(O)CNCC(Cc1ccccc1O)NCC(=O)O. The molecule has 0 radical (unpaired) electrons. The number of carboxylic acids is 2. The predicted molar refractivity (Wildman–Crippen MR) is 71.7 cm³/mol. The van der Waals surface area contributed by atoms with Crippen LogP contribution in [0.2, 0.25) is 0 Å². The molecule has 7 heteroatoms. The smallest absolute Gasteiger partial charge is 0.317 e. The van der Waals surface area contributed by atoms with Crippen LogP contribution in [-0.4, -0.2) is 52.9 Å². The molecule has 0 spiro atoms. The minimum absolute atomic E-state index is 0.132. The van der Waals surface area contributed by atoms with E-state index in [0.717, 1.165) is 0 Å². The summed E-state index contributed by atoms with van der Waals surface area (Å²) in [6, 6.07) is 6.46. The number of aromatic hydroxyl groups is 1. The Kier molecular flexibility index (Phi) is 6.48. The number of hydrogen-bond acceptors (Lipinski definition) is 5. The van der Waals surface area contributed by atoms with Crippen molar-refractivity contribution >= 4 is 11.9 Å². The van der Waals surface area contributed by atoms with E-state index in [1.807, 2.05) is 0 Å². The molecular weight excluding hydrogens is 264 g/mol. The lowest BCUT2D eigenvalue weighted by Crippen LogP contribution is -2.43. The molecular formula is C13H18N2O5. The van der Waals surface area contributed by atoms with Gasteiger partial charge < -0.3 is 26.0 Å². The largest absolute Gasteiger partial charge is 0.508 e. The van der Waals surface area contributed by atoms with Crippen molar-refractivity contribution in [3.8, 4) is 5.75 Å². The number of hydrogen-bond donors (Lipinski definition) is 5. The highest BCUT2D eigenvalue weighted by Crippen LogP contribution is 2.17. The van der Waals surface area contributed by atoms with Crippen LogP contribution in [0.3, 0.4) is 0 Å². The second kappa shape index (κ2) is 8.13.